The predicted molar refractivity (Wildman–Crippen MR) is 145 cm³/mol. The number of anilines is 2. The van der Waals surface area contributed by atoms with Gasteiger partial charge in [0.1, 0.15) is 11.4 Å². The second-order valence-electron chi connectivity index (χ2n) is 7.61. The Morgan fingerprint density at radius 2 is 1.23 bits per heavy atom. The van der Waals surface area contributed by atoms with Gasteiger partial charge in [-0.05, 0) is 36.4 Å². The maximum absolute atomic E-state index is 12.5. The van der Waals surface area contributed by atoms with E-state index in [0.29, 0.717) is 34.6 Å². The number of ether oxygens (including phenoxy) is 2. The average Bonchev–Trinajstić information content (AvgIpc) is 2.98. The molecule has 4 heterocycles. The fraction of sp³-hybridized carbons (Fsp3) is 0.0769. The molecule has 0 atom stereocenters. The van der Waals surface area contributed by atoms with Gasteiger partial charge in [-0.2, -0.15) is 0 Å². The van der Waals surface area contributed by atoms with Crippen molar-refractivity contribution in [2.75, 3.05) is 24.7 Å². The molecule has 5 rings (SSSR count). The molecule has 5 aromatic rings. The van der Waals surface area contributed by atoms with Gasteiger partial charge >= 0.3 is 0 Å². The van der Waals surface area contributed by atoms with Crippen LogP contribution in [0, 0.1) is 0 Å². The lowest BCUT2D eigenvalue weighted by atomic mass is 10.3. The van der Waals surface area contributed by atoms with Crippen molar-refractivity contribution in [2.24, 2.45) is 0 Å². The summed E-state index contributed by atoms with van der Waals surface area (Å²) < 4.78 is 37.5. The molecule has 4 aromatic heterocycles. The number of benzene rings is 1. The van der Waals surface area contributed by atoms with Crippen molar-refractivity contribution in [3.05, 3.63) is 91.5 Å². The molecule has 0 aliphatic carbocycles. The molecule has 13 heteroatoms. The van der Waals surface area contributed by atoms with E-state index in [1.165, 1.54) is 38.7 Å². The van der Waals surface area contributed by atoms with Gasteiger partial charge < -0.3 is 15.2 Å². The SMILES string of the molecule is COc1cnc(-c2ccccn2)nc1N.COc1cnc(-c2ccccn2)nc1NS(=O)(=O)c1ccccc1. The lowest BCUT2D eigenvalue weighted by molar-refractivity contribution is 0.413. The zero-order chi connectivity index (χ0) is 27.7. The van der Waals surface area contributed by atoms with Crippen molar-refractivity contribution in [1.29, 1.82) is 0 Å². The third kappa shape index (κ3) is 6.78. The first-order valence-corrected chi connectivity index (χ1v) is 12.9. The van der Waals surface area contributed by atoms with Crippen molar-refractivity contribution in [1.82, 2.24) is 29.9 Å². The molecule has 0 saturated carbocycles. The van der Waals surface area contributed by atoms with Gasteiger partial charge in [0.25, 0.3) is 10.0 Å². The van der Waals surface area contributed by atoms with Gasteiger partial charge in [0.15, 0.2) is 34.8 Å². The van der Waals surface area contributed by atoms with Crippen molar-refractivity contribution >= 4 is 21.7 Å². The summed E-state index contributed by atoms with van der Waals surface area (Å²) in [5, 5.41) is 0. The van der Waals surface area contributed by atoms with E-state index in [-0.39, 0.29) is 16.5 Å². The number of nitrogens with zero attached hydrogens (tertiary/aromatic N) is 6. The molecule has 3 N–H and O–H groups in total. The van der Waals surface area contributed by atoms with Crippen LogP contribution in [0.3, 0.4) is 0 Å². The molecule has 0 radical (unpaired) electrons. The summed E-state index contributed by atoms with van der Waals surface area (Å²) in [7, 11) is -0.846. The van der Waals surface area contributed by atoms with E-state index in [9.17, 15) is 8.42 Å². The van der Waals surface area contributed by atoms with Crippen LogP contribution >= 0.6 is 0 Å². The highest BCUT2D eigenvalue weighted by molar-refractivity contribution is 7.92. The Morgan fingerprint density at radius 3 is 1.74 bits per heavy atom. The first kappa shape index (κ1) is 26.9. The van der Waals surface area contributed by atoms with Crippen LogP contribution in [0.15, 0.2) is 96.4 Å². The van der Waals surface area contributed by atoms with Gasteiger partial charge in [-0.25, -0.2) is 28.4 Å². The monoisotopic (exact) mass is 544 g/mol. The highest BCUT2D eigenvalue weighted by Gasteiger charge is 2.19. The highest BCUT2D eigenvalue weighted by atomic mass is 32.2. The molecule has 0 amide bonds. The number of hydrogen-bond donors (Lipinski definition) is 2. The number of nitrogens with one attached hydrogen (secondary N) is 1. The Balaban J connectivity index is 0.000000202. The Hall–Kier alpha value is -5.17. The predicted octanol–water partition coefficient (Wildman–Crippen LogP) is 3.48. The molecule has 12 nitrogen and oxygen atoms in total. The van der Waals surface area contributed by atoms with Crippen molar-refractivity contribution in [3.63, 3.8) is 0 Å². The molecule has 198 valence electrons. The first-order chi connectivity index (χ1) is 18.9. The maximum Gasteiger partial charge on any atom is 0.263 e. The summed E-state index contributed by atoms with van der Waals surface area (Å²) in [6.07, 6.45) is 6.22. The second kappa shape index (κ2) is 12.4. The lowest BCUT2D eigenvalue weighted by Crippen LogP contribution is -2.15. The summed E-state index contributed by atoms with van der Waals surface area (Å²) in [5.41, 5.74) is 6.88. The molecule has 0 unspecified atom stereocenters. The van der Waals surface area contributed by atoms with E-state index in [0.717, 1.165) is 0 Å². The Bertz CT molecular complexity index is 1620. The number of nitrogen functional groups attached to an aromatic ring is 1. The summed E-state index contributed by atoms with van der Waals surface area (Å²) >= 11 is 0. The summed E-state index contributed by atoms with van der Waals surface area (Å²) in [5.74, 6) is 1.84. The second-order valence-corrected chi connectivity index (χ2v) is 9.29. The lowest BCUT2D eigenvalue weighted by Gasteiger charge is -2.11. The number of rotatable bonds is 7. The zero-order valence-corrected chi connectivity index (χ0v) is 21.8. The average molecular weight is 545 g/mol. The highest BCUT2D eigenvalue weighted by Crippen LogP contribution is 2.26. The number of methoxy groups -OCH3 is 2. The largest absolute Gasteiger partial charge is 0.491 e. The standard InChI is InChI=1S/C16H14N4O3S.C10H10N4O/c1-23-14-11-18-15(13-9-5-6-10-17-13)19-16(14)20-24(21,22)12-7-3-2-4-8-12;1-15-8-6-13-10(14-9(8)11)7-4-2-3-5-12-7/h2-11H,1H3,(H,18,19,20);2-6H,1H3,(H2,11,13,14). The van der Waals surface area contributed by atoms with Gasteiger partial charge in [-0.3, -0.25) is 14.7 Å². The van der Waals surface area contributed by atoms with E-state index in [4.69, 9.17) is 15.2 Å². The number of pyridine rings is 2. The van der Waals surface area contributed by atoms with Gasteiger partial charge in [0.2, 0.25) is 0 Å². The van der Waals surface area contributed by atoms with Crippen LogP contribution in [0.2, 0.25) is 0 Å². The van der Waals surface area contributed by atoms with Crippen molar-refractivity contribution in [3.8, 4) is 34.5 Å². The zero-order valence-electron chi connectivity index (χ0n) is 21.0. The maximum atomic E-state index is 12.5. The minimum absolute atomic E-state index is 0.0528. The van der Waals surface area contributed by atoms with E-state index in [1.54, 1.807) is 48.8 Å². The van der Waals surface area contributed by atoms with Crippen LogP contribution in [0.25, 0.3) is 23.0 Å². The van der Waals surface area contributed by atoms with Crippen LogP contribution in [0.5, 0.6) is 11.5 Å². The quantitative estimate of drug-likeness (QED) is 0.308. The van der Waals surface area contributed by atoms with E-state index < -0.39 is 10.0 Å². The summed E-state index contributed by atoms with van der Waals surface area (Å²) in [6.45, 7) is 0. The Morgan fingerprint density at radius 1 is 0.692 bits per heavy atom. The Labute approximate surface area is 225 Å². The van der Waals surface area contributed by atoms with Gasteiger partial charge in [-0.15, -0.1) is 0 Å². The molecule has 0 saturated heterocycles. The van der Waals surface area contributed by atoms with Crippen LogP contribution in [0.4, 0.5) is 11.6 Å². The molecule has 0 spiro atoms. The van der Waals surface area contributed by atoms with Crippen LogP contribution < -0.4 is 19.9 Å². The molecular formula is C26H24N8O4S. The molecule has 1 aromatic carbocycles. The van der Waals surface area contributed by atoms with Crippen LogP contribution in [0.1, 0.15) is 0 Å². The number of nitrogens with two attached hydrogens (primary N) is 1. The molecule has 0 aliphatic heterocycles. The molecule has 39 heavy (non-hydrogen) atoms. The number of sulfonamides is 1. The van der Waals surface area contributed by atoms with E-state index in [2.05, 4.69) is 34.6 Å². The first-order valence-electron chi connectivity index (χ1n) is 11.4. The summed E-state index contributed by atoms with van der Waals surface area (Å²) in [4.78, 5) is 25.0. The van der Waals surface area contributed by atoms with Gasteiger partial charge in [-0.1, -0.05) is 30.3 Å². The topological polar surface area (TPSA) is 168 Å². The van der Waals surface area contributed by atoms with Crippen molar-refractivity contribution < 1.29 is 17.9 Å². The molecular weight excluding hydrogens is 520 g/mol. The normalized spacial score (nSPS) is 10.6. The smallest absolute Gasteiger partial charge is 0.263 e. The fourth-order valence-electron chi connectivity index (χ4n) is 3.16. The van der Waals surface area contributed by atoms with E-state index >= 15 is 0 Å². The van der Waals surface area contributed by atoms with Crippen LogP contribution in [-0.2, 0) is 10.0 Å². The van der Waals surface area contributed by atoms with Gasteiger partial charge in [0.05, 0.1) is 31.5 Å². The van der Waals surface area contributed by atoms with Crippen LogP contribution in [-0.4, -0.2) is 52.5 Å². The van der Waals surface area contributed by atoms with Gasteiger partial charge in [0, 0.05) is 12.4 Å². The molecule has 0 bridgehead atoms. The molecule has 0 fully saturated rings. The molecule has 0 aliphatic rings. The fourth-order valence-corrected chi connectivity index (χ4v) is 4.19. The van der Waals surface area contributed by atoms with Crippen molar-refractivity contribution in [2.45, 2.75) is 4.90 Å². The number of hydrogen-bond acceptors (Lipinski definition) is 11. The minimum Gasteiger partial charge on any atom is -0.491 e. The third-order valence-corrected chi connectivity index (χ3v) is 6.41. The summed E-state index contributed by atoms with van der Waals surface area (Å²) in [6, 6.07) is 18.8. The Kier molecular flexibility index (Phi) is 8.53. The van der Waals surface area contributed by atoms with E-state index in [1.807, 2.05) is 18.2 Å². The number of aromatic nitrogens is 6. The minimum atomic E-state index is -3.79. The third-order valence-electron chi connectivity index (χ3n) is 5.05.